The first-order chi connectivity index (χ1) is 16.4. The number of hydrogen-bond acceptors (Lipinski definition) is 6. The summed E-state index contributed by atoms with van der Waals surface area (Å²) < 4.78 is 36.8. The summed E-state index contributed by atoms with van der Waals surface area (Å²) in [6, 6.07) is 11.6. The molecular weight excluding hydrogens is 444 g/mol. The van der Waals surface area contributed by atoms with E-state index in [1.165, 1.54) is 19.2 Å². The van der Waals surface area contributed by atoms with Crippen molar-refractivity contribution in [2.75, 3.05) is 12.4 Å². The van der Waals surface area contributed by atoms with E-state index in [1.54, 1.807) is 29.9 Å². The van der Waals surface area contributed by atoms with E-state index < -0.39 is 12.5 Å². The summed E-state index contributed by atoms with van der Waals surface area (Å²) in [5, 5.41) is 7.97. The number of halogens is 2. The highest BCUT2D eigenvalue weighted by Gasteiger charge is 2.29. The van der Waals surface area contributed by atoms with Gasteiger partial charge in [0.15, 0.2) is 23.0 Å². The number of carbonyl (C=O) groups excluding carboxylic acids is 1. The first-order valence-electron chi connectivity index (χ1n) is 10.7. The van der Waals surface area contributed by atoms with Crippen LogP contribution in [0.4, 0.5) is 14.5 Å². The largest absolute Gasteiger partial charge is 0.493 e. The van der Waals surface area contributed by atoms with E-state index in [0.29, 0.717) is 28.1 Å². The van der Waals surface area contributed by atoms with Gasteiger partial charge in [0.05, 0.1) is 23.8 Å². The minimum atomic E-state index is -3.03. The molecule has 1 amide bonds. The lowest BCUT2D eigenvalue weighted by atomic mass is 10.1. The molecular formula is C24H21F2N5O3. The molecule has 1 saturated carbocycles. The van der Waals surface area contributed by atoms with Gasteiger partial charge in [-0.3, -0.25) is 4.79 Å². The van der Waals surface area contributed by atoms with Crippen molar-refractivity contribution < 1.29 is 23.0 Å². The van der Waals surface area contributed by atoms with Crippen molar-refractivity contribution in [3.8, 4) is 17.3 Å². The molecule has 1 aliphatic carbocycles. The van der Waals surface area contributed by atoms with E-state index in [4.69, 9.17) is 9.72 Å². The van der Waals surface area contributed by atoms with Crippen LogP contribution in [0.3, 0.4) is 0 Å². The normalized spacial score (nSPS) is 13.3. The zero-order chi connectivity index (χ0) is 23.8. The number of fused-ring (bicyclic) bond motifs is 1. The summed E-state index contributed by atoms with van der Waals surface area (Å²) in [6.07, 6.45) is 3.67. The molecule has 0 saturated heterocycles. The van der Waals surface area contributed by atoms with E-state index >= 15 is 0 Å². The van der Waals surface area contributed by atoms with Gasteiger partial charge in [0.1, 0.15) is 0 Å². The van der Waals surface area contributed by atoms with Gasteiger partial charge in [-0.05, 0) is 50.1 Å². The fourth-order valence-electron chi connectivity index (χ4n) is 3.86. The monoisotopic (exact) mass is 465 g/mol. The number of nitrogens with one attached hydrogen (secondary N) is 1. The van der Waals surface area contributed by atoms with Crippen LogP contribution in [-0.4, -0.2) is 39.4 Å². The molecule has 4 aromatic rings. The van der Waals surface area contributed by atoms with E-state index in [9.17, 15) is 13.6 Å². The maximum atomic E-state index is 13.4. The number of aromatic nitrogens is 4. The Morgan fingerprint density at radius 1 is 1.18 bits per heavy atom. The lowest BCUT2D eigenvalue weighted by molar-refractivity contribution is -0.0511. The Labute approximate surface area is 193 Å². The van der Waals surface area contributed by atoms with Crippen LogP contribution in [-0.2, 0) is 0 Å². The molecule has 0 atom stereocenters. The molecule has 3 heterocycles. The van der Waals surface area contributed by atoms with Crippen LogP contribution in [0.1, 0.15) is 40.5 Å². The average molecular weight is 465 g/mol. The molecule has 0 bridgehead atoms. The zero-order valence-corrected chi connectivity index (χ0v) is 18.5. The number of alkyl halides is 2. The molecule has 8 nitrogen and oxygen atoms in total. The van der Waals surface area contributed by atoms with Crippen molar-refractivity contribution in [3.63, 3.8) is 0 Å². The highest BCUT2D eigenvalue weighted by Crippen LogP contribution is 2.41. The van der Waals surface area contributed by atoms with Gasteiger partial charge in [0.25, 0.3) is 5.91 Å². The summed E-state index contributed by atoms with van der Waals surface area (Å²) >= 11 is 0. The van der Waals surface area contributed by atoms with Gasteiger partial charge in [-0.25, -0.2) is 9.97 Å². The van der Waals surface area contributed by atoms with Gasteiger partial charge >= 0.3 is 6.61 Å². The maximum Gasteiger partial charge on any atom is 0.387 e. The Morgan fingerprint density at radius 3 is 2.68 bits per heavy atom. The minimum Gasteiger partial charge on any atom is -0.493 e. The molecule has 1 aromatic carbocycles. The summed E-state index contributed by atoms with van der Waals surface area (Å²) in [5.74, 6) is 0.430. The smallest absolute Gasteiger partial charge is 0.387 e. The molecule has 1 aliphatic rings. The molecule has 0 spiro atoms. The standard InChI is InChI=1S/C24H21F2N5O3/c1-13-21-16(23(32)28-15-8-9-18(33-2)19(11-15)34-24(25)26)12-17(14-6-7-14)29-22(21)31(30-13)20-5-3-4-10-27-20/h3-5,8-12,14,24H,6-7H2,1-2H3,(H,28,32). The third kappa shape index (κ3) is 4.14. The second-order valence-corrected chi connectivity index (χ2v) is 7.95. The molecule has 5 rings (SSSR count). The average Bonchev–Trinajstić information content (AvgIpc) is 3.62. The second-order valence-electron chi connectivity index (χ2n) is 7.95. The highest BCUT2D eigenvalue weighted by atomic mass is 19.3. The van der Waals surface area contributed by atoms with Gasteiger partial charge in [-0.2, -0.15) is 18.6 Å². The van der Waals surface area contributed by atoms with Gasteiger partial charge in [-0.1, -0.05) is 6.07 Å². The van der Waals surface area contributed by atoms with E-state index in [-0.39, 0.29) is 23.1 Å². The van der Waals surface area contributed by atoms with Crippen LogP contribution in [0.5, 0.6) is 11.5 Å². The fourth-order valence-corrected chi connectivity index (χ4v) is 3.86. The number of amides is 1. The zero-order valence-electron chi connectivity index (χ0n) is 18.5. The molecule has 174 valence electrons. The Kier molecular flexibility index (Phi) is 5.56. The van der Waals surface area contributed by atoms with Gasteiger partial charge in [-0.15, -0.1) is 0 Å². The van der Waals surface area contributed by atoms with Crippen molar-refractivity contribution in [1.82, 2.24) is 19.7 Å². The summed E-state index contributed by atoms with van der Waals surface area (Å²) in [7, 11) is 1.35. The number of methoxy groups -OCH3 is 1. The van der Waals surface area contributed by atoms with Crippen LogP contribution < -0.4 is 14.8 Å². The number of hydrogen-bond donors (Lipinski definition) is 1. The number of nitrogens with zero attached hydrogens (tertiary/aromatic N) is 4. The van der Waals surface area contributed by atoms with Crippen molar-refractivity contribution in [3.05, 3.63) is 65.6 Å². The quantitative estimate of drug-likeness (QED) is 0.419. The van der Waals surface area contributed by atoms with Crippen molar-refractivity contribution in [1.29, 1.82) is 0 Å². The van der Waals surface area contributed by atoms with E-state index in [0.717, 1.165) is 18.5 Å². The first kappa shape index (κ1) is 21.7. The van der Waals surface area contributed by atoms with Gasteiger partial charge in [0.2, 0.25) is 0 Å². The molecule has 34 heavy (non-hydrogen) atoms. The van der Waals surface area contributed by atoms with E-state index in [2.05, 4.69) is 20.1 Å². The predicted molar refractivity (Wildman–Crippen MR) is 121 cm³/mol. The molecule has 0 aliphatic heterocycles. The van der Waals surface area contributed by atoms with E-state index in [1.807, 2.05) is 18.2 Å². The van der Waals surface area contributed by atoms with Gasteiger partial charge < -0.3 is 14.8 Å². The van der Waals surface area contributed by atoms with Crippen LogP contribution in [0.15, 0.2) is 48.7 Å². The third-order valence-electron chi connectivity index (χ3n) is 5.58. The Bertz CT molecular complexity index is 1370. The molecule has 10 heteroatoms. The number of carbonyl (C=O) groups is 1. The number of benzene rings is 1. The molecule has 1 N–H and O–H groups in total. The molecule has 0 unspecified atom stereocenters. The fraction of sp³-hybridized carbons (Fsp3) is 0.250. The number of ether oxygens (including phenoxy) is 2. The molecule has 3 aromatic heterocycles. The number of anilines is 1. The van der Waals surface area contributed by atoms with Crippen molar-refractivity contribution in [2.24, 2.45) is 0 Å². The number of aryl methyl sites for hydroxylation is 1. The van der Waals surface area contributed by atoms with Crippen molar-refractivity contribution in [2.45, 2.75) is 32.3 Å². The van der Waals surface area contributed by atoms with Crippen LogP contribution in [0.2, 0.25) is 0 Å². The number of rotatable bonds is 7. The summed E-state index contributed by atoms with van der Waals surface area (Å²) in [6.45, 7) is -1.22. The molecule has 1 fully saturated rings. The summed E-state index contributed by atoms with van der Waals surface area (Å²) in [5.41, 5.74) is 2.67. The molecule has 0 radical (unpaired) electrons. The topological polar surface area (TPSA) is 91.2 Å². The third-order valence-corrected chi connectivity index (χ3v) is 5.58. The van der Waals surface area contributed by atoms with Crippen LogP contribution in [0, 0.1) is 6.92 Å². The van der Waals surface area contributed by atoms with Gasteiger partial charge in [0, 0.05) is 29.6 Å². The number of pyridine rings is 2. The lowest BCUT2D eigenvalue weighted by Crippen LogP contribution is -2.14. The Balaban J connectivity index is 1.57. The lowest BCUT2D eigenvalue weighted by Gasteiger charge is -2.13. The van der Waals surface area contributed by atoms with Crippen LogP contribution in [0.25, 0.3) is 16.9 Å². The van der Waals surface area contributed by atoms with Crippen molar-refractivity contribution >= 4 is 22.6 Å². The summed E-state index contributed by atoms with van der Waals surface area (Å²) in [4.78, 5) is 22.6. The maximum absolute atomic E-state index is 13.4. The SMILES string of the molecule is COc1ccc(NC(=O)c2cc(C3CC3)nc3c2c(C)nn3-c2ccccn2)cc1OC(F)F. The first-order valence-corrected chi connectivity index (χ1v) is 10.7. The highest BCUT2D eigenvalue weighted by molar-refractivity contribution is 6.13. The Hall–Kier alpha value is -4.08. The second kappa shape index (κ2) is 8.69. The minimum absolute atomic E-state index is 0.133. The predicted octanol–water partition coefficient (Wildman–Crippen LogP) is 4.86. The Morgan fingerprint density at radius 2 is 2.00 bits per heavy atom. The van der Waals surface area contributed by atoms with Crippen LogP contribution >= 0.6 is 0 Å².